The fourth-order valence-electron chi connectivity index (χ4n) is 1.62. The fourth-order valence-corrected chi connectivity index (χ4v) is 1.62. The Balaban J connectivity index is 2.74. The molecule has 1 unspecified atom stereocenters. The Bertz CT molecular complexity index is 396. The summed E-state index contributed by atoms with van der Waals surface area (Å²) >= 11 is 0. The highest BCUT2D eigenvalue weighted by atomic mass is 15.1. The van der Waals surface area contributed by atoms with E-state index in [2.05, 4.69) is 55.2 Å². The van der Waals surface area contributed by atoms with Crippen molar-refractivity contribution in [3.8, 4) is 0 Å². The van der Waals surface area contributed by atoms with E-state index in [1.807, 2.05) is 13.1 Å². The predicted octanol–water partition coefficient (Wildman–Crippen LogP) is 3.56. The normalized spacial score (nSPS) is 13.2. The van der Waals surface area contributed by atoms with Crippen LogP contribution in [0, 0.1) is 11.3 Å². The second-order valence-electron chi connectivity index (χ2n) is 6.20. The van der Waals surface area contributed by atoms with Crippen molar-refractivity contribution < 1.29 is 0 Å². The fraction of sp³-hybridized carbons (Fsp3) is 0.733. The van der Waals surface area contributed by atoms with Crippen LogP contribution in [-0.2, 0) is 6.42 Å². The molecule has 4 heteroatoms. The van der Waals surface area contributed by atoms with E-state index >= 15 is 0 Å². The monoisotopic (exact) mass is 264 g/mol. The highest BCUT2D eigenvalue weighted by Crippen LogP contribution is 2.25. The molecular formula is C15H28N4. The van der Waals surface area contributed by atoms with Crippen LogP contribution in [0.15, 0.2) is 6.07 Å². The third-order valence-electron chi connectivity index (χ3n) is 3.57. The molecule has 0 saturated heterocycles. The molecule has 0 aromatic carbocycles. The van der Waals surface area contributed by atoms with Gasteiger partial charge in [-0.1, -0.05) is 34.6 Å². The van der Waals surface area contributed by atoms with E-state index in [0.717, 1.165) is 36.8 Å². The second-order valence-corrected chi connectivity index (χ2v) is 6.20. The van der Waals surface area contributed by atoms with Crippen molar-refractivity contribution in [2.45, 2.75) is 47.5 Å². The second kappa shape index (κ2) is 6.73. The van der Waals surface area contributed by atoms with E-state index in [1.165, 1.54) is 0 Å². The summed E-state index contributed by atoms with van der Waals surface area (Å²) in [5.74, 6) is 3.28. The first-order valence-electron chi connectivity index (χ1n) is 7.16. The molecule has 0 aliphatic carbocycles. The molecule has 19 heavy (non-hydrogen) atoms. The van der Waals surface area contributed by atoms with Gasteiger partial charge in [-0.3, -0.25) is 0 Å². The van der Waals surface area contributed by atoms with Gasteiger partial charge in [0.15, 0.2) is 0 Å². The van der Waals surface area contributed by atoms with Crippen LogP contribution < -0.4 is 10.6 Å². The number of anilines is 2. The molecule has 2 N–H and O–H groups in total. The van der Waals surface area contributed by atoms with Crippen LogP contribution in [0.5, 0.6) is 0 Å². The zero-order valence-corrected chi connectivity index (χ0v) is 13.2. The molecule has 1 rings (SSSR count). The molecule has 1 heterocycles. The number of hydrogen-bond acceptors (Lipinski definition) is 4. The first-order chi connectivity index (χ1) is 8.86. The number of aryl methyl sites for hydroxylation is 1. The summed E-state index contributed by atoms with van der Waals surface area (Å²) in [5, 5.41) is 6.53. The van der Waals surface area contributed by atoms with Crippen LogP contribution in [0.4, 0.5) is 11.6 Å². The van der Waals surface area contributed by atoms with Gasteiger partial charge < -0.3 is 10.6 Å². The van der Waals surface area contributed by atoms with Crippen LogP contribution in [-0.4, -0.2) is 23.6 Å². The van der Waals surface area contributed by atoms with Crippen LogP contribution >= 0.6 is 0 Å². The smallest absolute Gasteiger partial charge is 0.133 e. The molecule has 1 atom stereocenters. The summed E-state index contributed by atoms with van der Waals surface area (Å²) in [5.41, 5.74) is 0.304. The number of nitrogens with one attached hydrogen (secondary N) is 2. The molecular weight excluding hydrogens is 236 g/mol. The number of rotatable bonds is 6. The van der Waals surface area contributed by atoms with Gasteiger partial charge in [0.25, 0.3) is 0 Å². The van der Waals surface area contributed by atoms with E-state index in [-0.39, 0.29) is 0 Å². The summed E-state index contributed by atoms with van der Waals surface area (Å²) in [4.78, 5) is 9.02. The maximum absolute atomic E-state index is 4.56. The van der Waals surface area contributed by atoms with Gasteiger partial charge in [0, 0.05) is 26.1 Å². The maximum Gasteiger partial charge on any atom is 0.133 e. The van der Waals surface area contributed by atoms with Gasteiger partial charge in [0.05, 0.1) is 0 Å². The number of hydrogen-bond donors (Lipinski definition) is 2. The van der Waals surface area contributed by atoms with Gasteiger partial charge in [0.2, 0.25) is 0 Å². The Morgan fingerprint density at radius 1 is 1.21 bits per heavy atom. The van der Waals surface area contributed by atoms with E-state index < -0.39 is 0 Å². The predicted molar refractivity (Wildman–Crippen MR) is 82.7 cm³/mol. The summed E-state index contributed by atoms with van der Waals surface area (Å²) in [6.45, 7) is 12.1. The lowest BCUT2D eigenvalue weighted by molar-refractivity contribution is 0.274. The van der Waals surface area contributed by atoms with Crippen molar-refractivity contribution in [1.82, 2.24) is 9.97 Å². The average Bonchev–Trinajstić information content (AvgIpc) is 2.34. The summed E-state index contributed by atoms with van der Waals surface area (Å²) in [6, 6.07) is 1.97. The zero-order chi connectivity index (χ0) is 14.5. The molecule has 1 aromatic rings. The van der Waals surface area contributed by atoms with Crippen LogP contribution in [0.3, 0.4) is 0 Å². The zero-order valence-electron chi connectivity index (χ0n) is 13.2. The molecule has 0 amide bonds. The SMILES string of the molecule is CCCc1nc(NC)cc(NCC(C)C(C)(C)C)n1. The van der Waals surface area contributed by atoms with Crippen LogP contribution in [0.1, 0.15) is 46.9 Å². The standard InChI is InChI=1S/C15H28N4/c1-7-8-12-18-13(16-6)9-14(19-12)17-10-11(2)15(3,4)5/h9,11H,7-8,10H2,1-6H3,(H2,16,17,18,19). The van der Waals surface area contributed by atoms with E-state index in [4.69, 9.17) is 0 Å². The van der Waals surface area contributed by atoms with Gasteiger partial charge >= 0.3 is 0 Å². The van der Waals surface area contributed by atoms with Gasteiger partial charge in [-0.2, -0.15) is 0 Å². The topological polar surface area (TPSA) is 49.8 Å². The minimum Gasteiger partial charge on any atom is -0.373 e. The van der Waals surface area contributed by atoms with E-state index in [9.17, 15) is 0 Å². The van der Waals surface area contributed by atoms with Gasteiger partial charge in [-0.25, -0.2) is 9.97 Å². The highest BCUT2D eigenvalue weighted by Gasteiger charge is 2.19. The summed E-state index contributed by atoms with van der Waals surface area (Å²) in [7, 11) is 1.89. The molecule has 1 aromatic heterocycles. The van der Waals surface area contributed by atoms with Crippen molar-refractivity contribution in [3.05, 3.63) is 11.9 Å². The van der Waals surface area contributed by atoms with E-state index in [1.54, 1.807) is 0 Å². The number of aromatic nitrogens is 2. The lowest BCUT2D eigenvalue weighted by Crippen LogP contribution is -2.25. The Labute approximate surface area is 117 Å². The third kappa shape index (κ3) is 5.05. The van der Waals surface area contributed by atoms with Crippen LogP contribution in [0.2, 0.25) is 0 Å². The van der Waals surface area contributed by atoms with Crippen molar-refractivity contribution in [3.63, 3.8) is 0 Å². The highest BCUT2D eigenvalue weighted by molar-refractivity contribution is 5.47. The summed E-state index contributed by atoms with van der Waals surface area (Å²) < 4.78 is 0. The molecule has 0 saturated carbocycles. The molecule has 0 aliphatic rings. The molecule has 0 fully saturated rings. The average molecular weight is 264 g/mol. The summed E-state index contributed by atoms with van der Waals surface area (Å²) in [6.07, 6.45) is 1.98. The molecule has 0 radical (unpaired) electrons. The van der Waals surface area contributed by atoms with Gasteiger partial charge in [-0.15, -0.1) is 0 Å². The maximum atomic E-state index is 4.56. The molecule has 0 spiro atoms. The van der Waals surface area contributed by atoms with Gasteiger partial charge in [0.1, 0.15) is 17.5 Å². The van der Waals surface area contributed by atoms with E-state index in [0.29, 0.717) is 11.3 Å². The molecule has 0 aliphatic heterocycles. The van der Waals surface area contributed by atoms with Crippen molar-refractivity contribution in [2.75, 3.05) is 24.2 Å². The largest absolute Gasteiger partial charge is 0.373 e. The first-order valence-corrected chi connectivity index (χ1v) is 7.16. The lowest BCUT2D eigenvalue weighted by atomic mass is 9.82. The van der Waals surface area contributed by atoms with Crippen molar-refractivity contribution >= 4 is 11.6 Å². The minimum atomic E-state index is 0.304. The van der Waals surface area contributed by atoms with Gasteiger partial charge in [-0.05, 0) is 17.8 Å². The lowest BCUT2D eigenvalue weighted by Gasteiger charge is -2.27. The Morgan fingerprint density at radius 2 is 1.84 bits per heavy atom. The molecule has 4 nitrogen and oxygen atoms in total. The Hall–Kier alpha value is -1.32. The van der Waals surface area contributed by atoms with Crippen molar-refractivity contribution in [2.24, 2.45) is 11.3 Å². The van der Waals surface area contributed by atoms with Crippen LogP contribution in [0.25, 0.3) is 0 Å². The Kier molecular flexibility index (Phi) is 5.58. The Morgan fingerprint density at radius 3 is 2.37 bits per heavy atom. The quantitative estimate of drug-likeness (QED) is 0.824. The molecule has 0 bridgehead atoms. The number of nitrogens with zero attached hydrogens (tertiary/aromatic N) is 2. The molecule has 108 valence electrons. The van der Waals surface area contributed by atoms with Crippen molar-refractivity contribution in [1.29, 1.82) is 0 Å². The first kappa shape index (κ1) is 15.7. The minimum absolute atomic E-state index is 0.304. The third-order valence-corrected chi connectivity index (χ3v) is 3.57.